The minimum Gasteiger partial charge on any atom is -0.339 e. The van der Waals surface area contributed by atoms with Crippen molar-refractivity contribution in [2.24, 2.45) is 0 Å². The molecule has 23 heavy (non-hydrogen) atoms. The van der Waals surface area contributed by atoms with Crippen molar-refractivity contribution >= 4 is 29.1 Å². The van der Waals surface area contributed by atoms with Crippen LogP contribution in [0.4, 0.5) is 5.69 Å². The van der Waals surface area contributed by atoms with Crippen LogP contribution < -0.4 is 5.32 Å². The second-order valence-electron chi connectivity index (χ2n) is 5.54. The molecule has 1 aliphatic rings. The van der Waals surface area contributed by atoms with Gasteiger partial charge in [0.25, 0.3) is 11.8 Å². The molecule has 2 aromatic rings. The molecule has 118 valence electrons. The van der Waals surface area contributed by atoms with Gasteiger partial charge >= 0.3 is 0 Å². The zero-order valence-electron chi connectivity index (χ0n) is 12.6. The molecule has 0 atom stereocenters. The molecule has 0 spiro atoms. The smallest absolute Gasteiger partial charge is 0.255 e. The lowest BCUT2D eigenvalue weighted by molar-refractivity contribution is 0.0793. The molecule has 0 saturated carbocycles. The highest BCUT2D eigenvalue weighted by Gasteiger charge is 2.20. The summed E-state index contributed by atoms with van der Waals surface area (Å²) in [7, 11) is 0. The van der Waals surface area contributed by atoms with Gasteiger partial charge in [-0.1, -0.05) is 17.7 Å². The number of amides is 2. The fraction of sp³-hybridized carbons (Fsp3) is 0.222. The van der Waals surface area contributed by atoms with E-state index in [9.17, 15) is 9.59 Å². The second kappa shape index (κ2) is 6.84. The van der Waals surface area contributed by atoms with Crippen molar-refractivity contribution in [3.8, 4) is 0 Å². The molecule has 1 N–H and O–H groups in total. The Balaban J connectivity index is 1.74. The van der Waals surface area contributed by atoms with Crippen molar-refractivity contribution in [3.63, 3.8) is 0 Å². The lowest BCUT2D eigenvalue weighted by Crippen LogP contribution is -2.27. The number of benzene rings is 2. The number of hydrogen-bond acceptors (Lipinski definition) is 2. The van der Waals surface area contributed by atoms with E-state index in [1.807, 2.05) is 4.90 Å². The Labute approximate surface area is 140 Å². The maximum Gasteiger partial charge on any atom is 0.255 e. The van der Waals surface area contributed by atoms with E-state index in [4.69, 9.17) is 11.6 Å². The molecule has 1 heterocycles. The van der Waals surface area contributed by atoms with Crippen LogP contribution in [-0.4, -0.2) is 29.8 Å². The molecule has 2 aromatic carbocycles. The third-order valence-electron chi connectivity index (χ3n) is 3.87. The predicted octanol–water partition coefficient (Wildman–Crippen LogP) is 3.83. The predicted molar refractivity (Wildman–Crippen MR) is 91.0 cm³/mol. The molecule has 0 aliphatic carbocycles. The van der Waals surface area contributed by atoms with Crippen LogP contribution in [0.25, 0.3) is 0 Å². The molecule has 0 unspecified atom stereocenters. The third-order valence-corrected chi connectivity index (χ3v) is 4.12. The first-order valence-corrected chi connectivity index (χ1v) is 7.97. The molecular weight excluding hydrogens is 312 g/mol. The standard InChI is InChI=1S/C18H17ClN2O2/c19-15-6-8-16(9-7-15)20-17(22)13-4-3-5-14(12-13)18(23)21-10-1-2-11-21/h3-9,12H,1-2,10-11H2,(H,20,22). The number of nitrogens with one attached hydrogen (secondary N) is 1. The number of hydrogen-bond donors (Lipinski definition) is 1. The monoisotopic (exact) mass is 328 g/mol. The maximum atomic E-state index is 12.4. The van der Waals surface area contributed by atoms with Crippen molar-refractivity contribution < 1.29 is 9.59 Å². The quantitative estimate of drug-likeness (QED) is 0.931. The molecule has 2 amide bonds. The van der Waals surface area contributed by atoms with Crippen molar-refractivity contribution in [1.29, 1.82) is 0 Å². The minimum absolute atomic E-state index is 0.0105. The Hall–Kier alpha value is -2.33. The van der Waals surface area contributed by atoms with Gasteiger partial charge in [0, 0.05) is 34.9 Å². The molecule has 0 radical (unpaired) electrons. The average molecular weight is 329 g/mol. The van der Waals surface area contributed by atoms with Gasteiger partial charge < -0.3 is 10.2 Å². The average Bonchev–Trinajstić information content (AvgIpc) is 3.11. The molecule has 0 bridgehead atoms. The fourth-order valence-corrected chi connectivity index (χ4v) is 2.76. The summed E-state index contributed by atoms with van der Waals surface area (Å²) in [6.45, 7) is 1.58. The van der Waals surface area contributed by atoms with Crippen LogP contribution in [0, 0.1) is 0 Å². The van der Waals surface area contributed by atoms with Crippen LogP contribution in [0.15, 0.2) is 48.5 Å². The molecule has 1 saturated heterocycles. The first kappa shape index (κ1) is 15.6. The Morgan fingerprint density at radius 2 is 1.61 bits per heavy atom. The lowest BCUT2D eigenvalue weighted by atomic mass is 10.1. The van der Waals surface area contributed by atoms with Crippen LogP contribution in [0.5, 0.6) is 0 Å². The zero-order chi connectivity index (χ0) is 16.2. The van der Waals surface area contributed by atoms with Gasteiger partial charge in [0.05, 0.1) is 0 Å². The summed E-state index contributed by atoms with van der Waals surface area (Å²) in [5.74, 6) is -0.257. The molecular formula is C18H17ClN2O2. The summed E-state index contributed by atoms with van der Waals surface area (Å²) >= 11 is 5.83. The molecule has 1 fully saturated rings. The highest BCUT2D eigenvalue weighted by atomic mass is 35.5. The van der Waals surface area contributed by atoms with Crippen molar-refractivity contribution in [2.75, 3.05) is 18.4 Å². The first-order valence-electron chi connectivity index (χ1n) is 7.60. The summed E-state index contributed by atoms with van der Waals surface area (Å²) in [6, 6.07) is 13.7. The molecule has 1 aliphatic heterocycles. The summed E-state index contributed by atoms with van der Waals surface area (Å²) in [5, 5.41) is 3.41. The number of likely N-dealkylation sites (tertiary alicyclic amines) is 1. The number of carbonyl (C=O) groups excluding carboxylic acids is 2. The van der Waals surface area contributed by atoms with E-state index in [1.54, 1.807) is 48.5 Å². The van der Waals surface area contributed by atoms with Crippen LogP contribution >= 0.6 is 11.6 Å². The number of nitrogens with zero attached hydrogens (tertiary/aromatic N) is 1. The van der Waals surface area contributed by atoms with Gasteiger partial charge in [0.1, 0.15) is 0 Å². The highest BCUT2D eigenvalue weighted by Crippen LogP contribution is 2.17. The van der Waals surface area contributed by atoms with Gasteiger partial charge in [0.15, 0.2) is 0 Å². The van der Waals surface area contributed by atoms with Crippen molar-refractivity contribution in [2.45, 2.75) is 12.8 Å². The molecule has 3 rings (SSSR count). The van der Waals surface area contributed by atoms with Gasteiger partial charge in [-0.25, -0.2) is 0 Å². The first-order chi connectivity index (χ1) is 11.1. The summed E-state index contributed by atoms with van der Waals surface area (Å²) in [5.41, 5.74) is 1.68. The van der Waals surface area contributed by atoms with E-state index in [0.717, 1.165) is 25.9 Å². The van der Waals surface area contributed by atoms with Gasteiger partial charge in [-0.2, -0.15) is 0 Å². The molecule has 4 nitrogen and oxygen atoms in total. The minimum atomic E-state index is -0.247. The van der Waals surface area contributed by atoms with Gasteiger partial charge in [-0.15, -0.1) is 0 Å². The molecule has 5 heteroatoms. The van der Waals surface area contributed by atoms with E-state index < -0.39 is 0 Å². The summed E-state index contributed by atoms with van der Waals surface area (Å²) in [4.78, 5) is 26.6. The topological polar surface area (TPSA) is 49.4 Å². The Kier molecular flexibility index (Phi) is 4.63. The zero-order valence-corrected chi connectivity index (χ0v) is 13.3. The normalized spacial score (nSPS) is 13.9. The Bertz CT molecular complexity index is 722. The van der Waals surface area contributed by atoms with E-state index >= 15 is 0 Å². The van der Waals surface area contributed by atoms with E-state index in [0.29, 0.717) is 21.8 Å². The van der Waals surface area contributed by atoms with Gasteiger partial charge in [0.2, 0.25) is 0 Å². The van der Waals surface area contributed by atoms with Crippen LogP contribution in [-0.2, 0) is 0 Å². The number of carbonyl (C=O) groups is 2. The van der Waals surface area contributed by atoms with Gasteiger partial charge in [-0.05, 0) is 55.3 Å². The van der Waals surface area contributed by atoms with Crippen LogP contribution in [0.3, 0.4) is 0 Å². The molecule has 0 aromatic heterocycles. The van der Waals surface area contributed by atoms with Crippen molar-refractivity contribution in [1.82, 2.24) is 4.90 Å². The SMILES string of the molecule is O=C(Nc1ccc(Cl)cc1)c1cccc(C(=O)N2CCCC2)c1. The number of anilines is 1. The van der Waals surface area contributed by atoms with E-state index in [1.165, 1.54) is 0 Å². The van der Waals surface area contributed by atoms with Gasteiger partial charge in [-0.3, -0.25) is 9.59 Å². The van der Waals surface area contributed by atoms with E-state index in [-0.39, 0.29) is 11.8 Å². The summed E-state index contributed by atoms with van der Waals surface area (Å²) < 4.78 is 0. The highest BCUT2D eigenvalue weighted by molar-refractivity contribution is 6.30. The Morgan fingerprint density at radius 3 is 2.30 bits per heavy atom. The Morgan fingerprint density at radius 1 is 0.957 bits per heavy atom. The fourth-order valence-electron chi connectivity index (χ4n) is 2.63. The second-order valence-corrected chi connectivity index (χ2v) is 5.98. The number of halogens is 1. The van der Waals surface area contributed by atoms with E-state index in [2.05, 4.69) is 5.32 Å². The van der Waals surface area contributed by atoms with Crippen molar-refractivity contribution in [3.05, 3.63) is 64.7 Å². The maximum absolute atomic E-state index is 12.4. The number of rotatable bonds is 3. The third kappa shape index (κ3) is 3.71. The van der Waals surface area contributed by atoms with Crippen LogP contribution in [0.2, 0.25) is 5.02 Å². The largest absolute Gasteiger partial charge is 0.339 e. The lowest BCUT2D eigenvalue weighted by Gasteiger charge is -2.15. The van der Waals surface area contributed by atoms with Crippen LogP contribution in [0.1, 0.15) is 33.6 Å². The summed E-state index contributed by atoms with van der Waals surface area (Å²) in [6.07, 6.45) is 2.09.